The van der Waals surface area contributed by atoms with Gasteiger partial charge in [0.1, 0.15) is 0 Å². The molecule has 0 saturated heterocycles. The molecule has 0 amide bonds. The zero-order chi connectivity index (χ0) is 17.6. The van der Waals surface area contributed by atoms with Gasteiger partial charge in [0.2, 0.25) is 0 Å². The molecule has 0 aromatic rings. The Kier molecular flexibility index (Phi) is 11.2. The first kappa shape index (κ1) is 20.7. The standard InChI is InChI=1S/C21H34O3/c1-3-4-5-6-7-10-13-18-16-17-20(22)19(18)14-11-8-9-12-15-21(23)24-2/h14,16-18H,3-13,15H2,1-2H3/b19-14-/t18-/m1/s1. The van der Waals surface area contributed by atoms with Gasteiger partial charge in [0.25, 0.3) is 0 Å². The second-order valence-corrected chi connectivity index (χ2v) is 6.72. The molecule has 3 nitrogen and oxygen atoms in total. The van der Waals surface area contributed by atoms with Gasteiger partial charge in [0.15, 0.2) is 5.78 Å². The Morgan fingerprint density at radius 3 is 2.54 bits per heavy atom. The lowest BCUT2D eigenvalue weighted by molar-refractivity contribution is -0.140. The molecule has 0 aromatic heterocycles. The number of rotatable bonds is 13. The van der Waals surface area contributed by atoms with Gasteiger partial charge in [-0.3, -0.25) is 9.59 Å². The molecule has 0 radical (unpaired) electrons. The molecular formula is C21H34O3. The van der Waals surface area contributed by atoms with Gasteiger partial charge in [0.05, 0.1) is 7.11 Å². The Morgan fingerprint density at radius 2 is 1.79 bits per heavy atom. The molecule has 0 bridgehead atoms. The molecule has 24 heavy (non-hydrogen) atoms. The topological polar surface area (TPSA) is 43.4 Å². The minimum atomic E-state index is -0.137. The number of allylic oxidation sites excluding steroid dienone is 4. The maximum absolute atomic E-state index is 12.0. The van der Waals surface area contributed by atoms with Crippen LogP contribution in [-0.2, 0) is 14.3 Å². The summed E-state index contributed by atoms with van der Waals surface area (Å²) >= 11 is 0. The Hall–Kier alpha value is -1.38. The third-order valence-electron chi connectivity index (χ3n) is 4.71. The van der Waals surface area contributed by atoms with Crippen molar-refractivity contribution in [2.75, 3.05) is 7.11 Å². The summed E-state index contributed by atoms with van der Waals surface area (Å²) in [4.78, 5) is 23.0. The van der Waals surface area contributed by atoms with Crippen LogP contribution in [0.25, 0.3) is 0 Å². The molecule has 0 heterocycles. The van der Waals surface area contributed by atoms with Gasteiger partial charge in [-0.2, -0.15) is 0 Å². The summed E-state index contributed by atoms with van der Waals surface area (Å²) in [5.41, 5.74) is 0.997. The van der Waals surface area contributed by atoms with Crippen LogP contribution < -0.4 is 0 Å². The number of carbonyl (C=O) groups excluding carboxylic acids is 2. The fraction of sp³-hybridized carbons (Fsp3) is 0.714. The van der Waals surface area contributed by atoms with Crippen molar-refractivity contribution in [1.29, 1.82) is 0 Å². The molecule has 0 aliphatic heterocycles. The minimum Gasteiger partial charge on any atom is -0.469 e. The van der Waals surface area contributed by atoms with Crippen LogP contribution >= 0.6 is 0 Å². The average molecular weight is 335 g/mol. The molecule has 0 fully saturated rings. The van der Waals surface area contributed by atoms with Crippen LogP contribution in [0.2, 0.25) is 0 Å². The van der Waals surface area contributed by atoms with Gasteiger partial charge < -0.3 is 4.74 Å². The summed E-state index contributed by atoms with van der Waals surface area (Å²) in [6, 6.07) is 0. The summed E-state index contributed by atoms with van der Waals surface area (Å²) in [5.74, 6) is 0.391. The van der Waals surface area contributed by atoms with E-state index in [4.69, 9.17) is 0 Å². The van der Waals surface area contributed by atoms with Crippen molar-refractivity contribution in [3.63, 3.8) is 0 Å². The van der Waals surface area contributed by atoms with Crippen LogP contribution in [0.3, 0.4) is 0 Å². The second kappa shape index (κ2) is 13.0. The Bertz CT molecular complexity index is 434. The zero-order valence-corrected chi connectivity index (χ0v) is 15.5. The third-order valence-corrected chi connectivity index (χ3v) is 4.71. The molecule has 1 aliphatic carbocycles. The van der Waals surface area contributed by atoms with E-state index in [2.05, 4.69) is 23.8 Å². The highest BCUT2D eigenvalue weighted by Crippen LogP contribution is 2.27. The molecular weight excluding hydrogens is 300 g/mol. The summed E-state index contributed by atoms with van der Waals surface area (Å²) < 4.78 is 4.63. The number of ketones is 1. The zero-order valence-electron chi connectivity index (χ0n) is 15.5. The van der Waals surface area contributed by atoms with E-state index in [0.717, 1.165) is 37.7 Å². The molecule has 0 aromatic carbocycles. The van der Waals surface area contributed by atoms with Crippen molar-refractivity contribution >= 4 is 11.8 Å². The number of ether oxygens (including phenoxy) is 1. The fourth-order valence-corrected chi connectivity index (χ4v) is 3.18. The van der Waals surface area contributed by atoms with E-state index >= 15 is 0 Å². The van der Waals surface area contributed by atoms with Gasteiger partial charge in [-0.25, -0.2) is 0 Å². The van der Waals surface area contributed by atoms with Gasteiger partial charge in [-0.1, -0.05) is 64.0 Å². The first-order valence-corrected chi connectivity index (χ1v) is 9.68. The quantitative estimate of drug-likeness (QED) is 0.252. The van der Waals surface area contributed by atoms with Crippen LogP contribution in [0, 0.1) is 5.92 Å². The van der Waals surface area contributed by atoms with E-state index in [-0.39, 0.29) is 11.8 Å². The predicted octanol–water partition coefficient (Wildman–Crippen LogP) is 5.54. The largest absolute Gasteiger partial charge is 0.469 e. The highest BCUT2D eigenvalue weighted by molar-refractivity contribution is 6.07. The molecule has 1 rings (SSSR count). The van der Waals surface area contributed by atoms with Crippen LogP contribution in [-0.4, -0.2) is 18.9 Å². The van der Waals surface area contributed by atoms with Crippen LogP contribution in [0.5, 0.6) is 0 Å². The van der Waals surface area contributed by atoms with E-state index in [0.29, 0.717) is 12.3 Å². The van der Waals surface area contributed by atoms with Crippen LogP contribution in [0.1, 0.15) is 84.0 Å². The van der Waals surface area contributed by atoms with Crippen LogP contribution in [0.15, 0.2) is 23.8 Å². The van der Waals surface area contributed by atoms with Gasteiger partial charge >= 0.3 is 5.97 Å². The molecule has 1 aliphatic rings. The van der Waals surface area contributed by atoms with E-state index in [1.54, 1.807) is 6.08 Å². The van der Waals surface area contributed by atoms with Gasteiger partial charge in [-0.05, 0) is 31.8 Å². The van der Waals surface area contributed by atoms with Crippen molar-refractivity contribution in [1.82, 2.24) is 0 Å². The van der Waals surface area contributed by atoms with Crippen molar-refractivity contribution < 1.29 is 14.3 Å². The average Bonchev–Trinajstić information content (AvgIpc) is 2.94. The normalized spacial score (nSPS) is 18.5. The third kappa shape index (κ3) is 8.47. The first-order chi connectivity index (χ1) is 11.7. The molecule has 0 spiro atoms. The Labute approximate surface area is 147 Å². The molecule has 136 valence electrons. The number of hydrogen-bond acceptors (Lipinski definition) is 3. The smallest absolute Gasteiger partial charge is 0.305 e. The van der Waals surface area contributed by atoms with Crippen molar-refractivity contribution in [3.8, 4) is 0 Å². The number of carbonyl (C=O) groups is 2. The lowest BCUT2D eigenvalue weighted by Crippen LogP contribution is -2.03. The van der Waals surface area contributed by atoms with E-state index < -0.39 is 0 Å². The Balaban J connectivity index is 2.20. The monoisotopic (exact) mass is 334 g/mol. The fourth-order valence-electron chi connectivity index (χ4n) is 3.18. The minimum absolute atomic E-state index is 0.137. The number of esters is 1. The van der Waals surface area contributed by atoms with Crippen LogP contribution in [0.4, 0.5) is 0 Å². The second-order valence-electron chi connectivity index (χ2n) is 6.72. The van der Waals surface area contributed by atoms with E-state index in [1.807, 2.05) is 0 Å². The van der Waals surface area contributed by atoms with Crippen molar-refractivity contribution in [2.45, 2.75) is 84.0 Å². The summed E-state index contributed by atoms with van der Waals surface area (Å²) in [6.07, 6.45) is 19.1. The Morgan fingerprint density at radius 1 is 1.08 bits per heavy atom. The van der Waals surface area contributed by atoms with Crippen molar-refractivity contribution in [3.05, 3.63) is 23.8 Å². The summed E-state index contributed by atoms with van der Waals surface area (Å²) in [7, 11) is 1.43. The van der Waals surface area contributed by atoms with Crippen molar-refractivity contribution in [2.24, 2.45) is 5.92 Å². The molecule has 3 heteroatoms. The predicted molar refractivity (Wildman–Crippen MR) is 98.8 cm³/mol. The SMILES string of the molecule is CCCCCCCC[C@@H]1C=CC(=O)/C1=C\CCCCCC(=O)OC. The van der Waals surface area contributed by atoms with E-state index in [9.17, 15) is 9.59 Å². The first-order valence-electron chi connectivity index (χ1n) is 9.68. The lowest BCUT2D eigenvalue weighted by atomic mass is 9.94. The summed E-state index contributed by atoms with van der Waals surface area (Å²) in [6.45, 7) is 2.24. The lowest BCUT2D eigenvalue weighted by Gasteiger charge is -2.10. The molecule has 1 atom stereocenters. The van der Waals surface area contributed by atoms with E-state index in [1.165, 1.54) is 45.6 Å². The van der Waals surface area contributed by atoms with Gasteiger partial charge in [-0.15, -0.1) is 0 Å². The number of hydrogen-bond donors (Lipinski definition) is 0. The maximum atomic E-state index is 12.0. The van der Waals surface area contributed by atoms with Gasteiger partial charge in [0, 0.05) is 17.9 Å². The highest BCUT2D eigenvalue weighted by Gasteiger charge is 2.21. The summed E-state index contributed by atoms with van der Waals surface area (Å²) in [5, 5.41) is 0. The highest BCUT2D eigenvalue weighted by atomic mass is 16.5. The molecule has 0 saturated carbocycles. The maximum Gasteiger partial charge on any atom is 0.305 e. The molecule has 0 N–H and O–H groups in total. The number of methoxy groups -OCH3 is 1. The number of unbranched alkanes of at least 4 members (excludes halogenated alkanes) is 8. The molecule has 0 unspecified atom stereocenters.